The molecule has 3 nitrogen and oxygen atoms in total. The summed E-state index contributed by atoms with van der Waals surface area (Å²) in [5.41, 5.74) is 6.58. The van der Waals surface area contributed by atoms with Crippen LogP contribution >= 0.6 is 0 Å². The molecule has 0 saturated carbocycles. The number of amides is 1. The first-order valence-electron chi connectivity index (χ1n) is 3.36. The van der Waals surface area contributed by atoms with Gasteiger partial charge in [0.1, 0.15) is 0 Å². The van der Waals surface area contributed by atoms with E-state index in [-0.39, 0.29) is 0 Å². The molecule has 1 aromatic rings. The minimum absolute atomic E-state index is 0.493. The minimum Gasteiger partial charge on any atom is -0.397 e. The molecule has 0 atom stereocenters. The van der Waals surface area contributed by atoms with Crippen LogP contribution in [0.25, 0.3) is 0 Å². The summed E-state index contributed by atoms with van der Waals surface area (Å²) in [6.07, 6.45) is 4.87. The smallest absolute Gasteiger partial charge is 0.300 e. The third-order valence-electron chi connectivity index (χ3n) is 1.34. The Kier molecular flexibility index (Phi) is 2.34. The molecule has 1 rings (SSSR count). The summed E-state index contributed by atoms with van der Waals surface area (Å²) < 4.78 is 0. The Balaban J connectivity index is 2.84. The lowest BCUT2D eigenvalue weighted by atomic mass is 10.3. The molecule has 1 amide bonds. The molecule has 0 aliphatic carbocycles. The molecule has 3 N–H and O–H groups in total. The summed E-state index contributed by atoms with van der Waals surface area (Å²) in [5.74, 6) is 1.44. The number of rotatable bonds is 1. The summed E-state index contributed by atoms with van der Waals surface area (Å²) in [6.45, 7) is 0. The van der Waals surface area contributed by atoms with Crippen molar-refractivity contribution >= 4 is 17.3 Å². The number of carbonyl (C=O) groups excluding carboxylic acids is 1. The second kappa shape index (κ2) is 3.44. The Labute approximate surface area is 70.6 Å². The number of para-hydroxylation sites is 2. The van der Waals surface area contributed by atoms with Gasteiger partial charge in [-0.25, -0.2) is 0 Å². The topological polar surface area (TPSA) is 55.1 Å². The third-order valence-corrected chi connectivity index (χ3v) is 1.34. The molecule has 0 aliphatic heterocycles. The molecule has 0 radical (unpaired) electrons. The normalized spacial score (nSPS) is 8.58. The van der Waals surface area contributed by atoms with Gasteiger partial charge in [0.25, 0.3) is 5.91 Å². The summed E-state index contributed by atoms with van der Waals surface area (Å²) in [4.78, 5) is 10.7. The van der Waals surface area contributed by atoms with E-state index in [1.807, 2.05) is 5.92 Å². The van der Waals surface area contributed by atoms with Gasteiger partial charge in [-0.15, -0.1) is 6.42 Å². The zero-order valence-corrected chi connectivity index (χ0v) is 6.37. The first-order valence-corrected chi connectivity index (χ1v) is 3.36. The fourth-order valence-corrected chi connectivity index (χ4v) is 0.769. The number of nitrogen functional groups attached to an aromatic ring is 1. The van der Waals surface area contributed by atoms with Gasteiger partial charge in [-0.05, 0) is 18.1 Å². The Hall–Kier alpha value is -1.95. The number of hydrogen-bond donors (Lipinski definition) is 2. The van der Waals surface area contributed by atoms with Crippen LogP contribution in [0.15, 0.2) is 24.3 Å². The Morgan fingerprint density at radius 2 is 2.17 bits per heavy atom. The van der Waals surface area contributed by atoms with Crippen molar-refractivity contribution in [1.29, 1.82) is 0 Å². The van der Waals surface area contributed by atoms with Crippen molar-refractivity contribution < 1.29 is 4.79 Å². The van der Waals surface area contributed by atoms with Crippen LogP contribution in [0.4, 0.5) is 11.4 Å². The average Bonchev–Trinajstić information content (AvgIpc) is 2.09. The van der Waals surface area contributed by atoms with Gasteiger partial charge >= 0.3 is 0 Å². The maximum absolute atomic E-state index is 10.7. The first-order chi connectivity index (χ1) is 5.74. The van der Waals surface area contributed by atoms with E-state index in [4.69, 9.17) is 12.2 Å². The van der Waals surface area contributed by atoms with Gasteiger partial charge in [0.15, 0.2) is 0 Å². The maximum Gasteiger partial charge on any atom is 0.300 e. The van der Waals surface area contributed by atoms with Crippen molar-refractivity contribution in [1.82, 2.24) is 0 Å². The van der Waals surface area contributed by atoms with Gasteiger partial charge in [0.05, 0.1) is 11.4 Å². The van der Waals surface area contributed by atoms with E-state index in [9.17, 15) is 4.79 Å². The van der Waals surface area contributed by atoms with Crippen LogP contribution in [0, 0.1) is 12.3 Å². The highest BCUT2D eigenvalue weighted by molar-refractivity contribution is 6.04. The number of terminal acetylenes is 1. The van der Waals surface area contributed by atoms with Gasteiger partial charge in [0.2, 0.25) is 0 Å². The molecule has 0 aliphatic rings. The lowest BCUT2D eigenvalue weighted by Crippen LogP contribution is -2.09. The van der Waals surface area contributed by atoms with Crippen LogP contribution in [-0.2, 0) is 4.79 Å². The van der Waals surface area contributed by atoms with Gasteiger partial charge in [-0.2, -0.15) is 0 Å². The number of benzene rings is 1. The third kappa shape index (κ3) is 1.77. The van der Waals surface area contributed by atoms with E-state index in [0.717, 1.165) is 0 Å². The lowest BCUT2D eigenvalue weighted by molar-refractivity contribution is -0.111. The van der Waals surface area contributed by atoms with Crippen molar-refractivity contribution in [3.63, 3.8) is 0 Å². The monoisotopic (exact) mass is 160 g/mol. The second-order valence-electron chi connectivity index (χ2n) is 2.19. The second-order valence-corrected chi connectivity index (χ2v) is 2.19. The Morgan fingerprint density at radius 1 is 1.50 bits per heavy atom. The molecular weight excluding hydrogens is 152 g/mol. The average molecular weight is 160 g/mol. The molecule has 60 valence electrons. The molecule has 3 heteroatoms. The van der Waals surface area contributed by atoms with Crippen molar-refractivity contribution in [2.24, 2.45) is 0 Å². The van der Waals surface area contributed by atoms with E-state index in [1.54, 1.807) is 24.3 Å². The van der Waals surface area contributed by atoms with Crippen LogP contribution in [0.3, 0.4) is 0 Å². The fraction of sp³-hybridized carbons (Fsp3) is 0. The van der Waals surface area contributed by atoms with Crippen LogP contribution in [0.2, 0.25) is 0 Å². The molecule has 0 aromatic heterocycles. The van der Waals surface area contributed by atoms with Crippen LogP contribution < -0.4 is 11.1 Å². The van der Waals surface area contributed by atoms with E-state index in [0.29, 0.717) is 11.4 Å². The number of nitrogens with one attached hydrogen (secondary N) is 1. The number of anilines is 2. The van der Waals surface area contributed by atoms with Crippen molar-refractivity contribution in [2.75, 3.05) is 11.1 Å². The van der Waals surface area contributed by atoms with Crippen molar-refractivity contribution in [3.8, 4) is 12.3 Å². The van der Waals surface area contributed by atoms with Gasteiger partial charge < -0.3 is 11.1 Å². The van der Waals surface area contributed by atoms with Crippen molar-refractivity contribution in [2.45, 2.75) is 0 Å². The molecule has 0 spiro atoms. The maximum atomic E-state index is 10.7. The summed E-state index contributed by atoms with van der Waals surface area (Å²) >= 11 is 0. The van der Waals surface area contributed by atoms with Gasteiger partial charge in [-0.1, -0.05) is 12.1 Å². The lowest BCUT2D eigenvalue weighted by Gasteiger charge is -2.03. The fourth-order valence-electron chi connectivity index (χ4n) is 0.769. The number of carbonyl (C=O) groups is 1. The van der Waals surface area contributed by atoms with E-state index in [1.165, 1.54) is 0 Å². The predicted octanol–water partition coefficient (Wildman–Crippen LogP) is 0.841. The zero-order chi connectivity index (χ0) is 8.97. The molecule has 0 unspecified atom stereocenters. The highest BCUT2D eigenvalue weighted by Gasteiger charge is 1.99. The largest absolute Gasteiger partial charge is 0.397 e. The standard InChI is InChI=1S/C9H8N2O/c1-2-9(12)11-8-6-4-3-5-7(8)10/h1,3-6H,10H2,(H,11,12). The van der Waals surface area contributed by atoms with Gasteiger partial charge in [-0.3, -0.25) is 4.79 Å². The summed E-state index contributed by atoms with van der Waals surface area (Å²) in [5, 5.41) is 2.46. The van der Waals surface area contributed by atoms with Crippen LogP contribution in [0.1, 0.15) is 0 Å². The molecule has 0 heterocycles. The molecule has 0 bridgehead atoms. The molecular formula is C9H8N2O. The van der Waals surface area contributed by atoms with E-state index in [2.05, 4.69) is 5.32 Å². The molecule has 0 saturated heterocycles. The first kappa shape index (κ1) is 8.15. The number of nitrogens with two attached hydrogens (primary N) is 1. The van der Waals surface area contributed by atoms with Gasteiger partial charge in [0, 0.05) is 0 Å². The summed E-state index contributed by atoms with van der Waals surface area (Å²) in [7, 11) is 0. The highest BCUT2D eigenvalue weighted by atomic mass is 16.1. The van der Waals surface area contributed by atoms with E-state index < -0.39 is 5.91 Å². The van der Waals surface area contributed by atoms with E-state index >= 15 is 0 Å². The highest BCUT2D eigenvalue weighted by Crippen LogP contribution is 2.15. The Bertz CT molecular complexity index is 339. The number of hydrogen-bond acceptors (Lipinski definition) is 2. The summed E-state index contributed by atoms with van der Waals surface area (Å²) in [6, 6.07) is 6.92. The molecule has 0 fully saturated rings. The SMILES string of the molecule is C#CC(=O)Nc1ccccc1N. The minimum atomic E-state index is -0.493. The molecule has 12 heavy (non-hydrogen) atoms. The predicted molar refractivity (Wildman–Crippen MR) is 48.3 cm³/mol. The zero-order valence-electron chi connectivity index (χ0n) is 6.37. The Morgan fingerprint density at radius 3 is 2.75 bits per heavy atom. The van der Waals surface area contributed by atoms with Crippen LogP contribution in [-0.4, -0.2) is 5.91 Å². The quantitative estimate of drug-likeness (QED) is 0.472. The van der Waals surface area contributed by atoms with Crippen LogP contribution in [0.5, 0.6) is 0 Å². The van der Waals surface area contributed by atoms with Crippen molar-refractivity contribution in [3.05, 3.63) is 24.3 Å². The molecule has 1 aromatic carbocycles.